The number of nitrogens with one attached hydrogen (secondary N) is 3. The molecule has 1 aromatic heterocycles. The van der Waals surface area contributed by atoms with Crippen molar-refractivity contribution in [2.45, 2.75) is 38.8 Å². The number of nitrogen functional groups attached to an aromatic ring is 1. The molecule has 0 radical (unpaired) electrons. The highest BCUT2D eigenvalue weighted by atomic mass is 32.1. The average Bonchev–Trinajstić information content (AvgIpc) is 3.13. The molecule has 3 rings (SSSR count). The minimum Gasteiger partial charge on any atom is -0.384 e. The van der Waals surface area contributed by atoms with E-state index in [-0.39, 0.29) is 41.9 Å². The number of likely N-dealkylation sites (tertiary alicyclic amines) is 1. The first-order valence-electron chi connectivity index (χ1n) is 10.8. The minimum absolute atomic E-state index is 0.0167. The zero-order valence-electron chi connectivity index (χ0n) is 18.9. The Balaban J connectivity index is 1.46. The summed E-state index contributed by atoms with van der Waals surface area (Å²) in [7, 11) is 1.59. The summed E-state index contributed by atoms with van der Waals surface area (Å²) in [5.74, 6) is -0.792. The fourth-order valence-electron chi connectivity index (χ4n) is 3.79. The number of hydrogen-bond donors (Lipinski definition) is 4. The van der Waals surface area contributed by atoms with Crippen molar-refractivity contribution in [1.82, 2.24) is 15.5 Å². The number of amides is 3. The van der Waals surface area contributed by atoms with Crippen molar-refractivity contribution in [3.63, 3.8) is 0 Å². The lowest BCUT2D eigenvalue weighted by atomic mass is 10.00. The van der Waals surface area contributed by atoms with Crippen molar-refractivity contribution in [2.24, 2.45) is 11.1 Å². The van der Waals surface area contributed by atoms with E-state index in [0.29, 0.717) is 44.8 Å². The molecule has 1 saturated heterocycles. The van der Waals surface area contributed by atoms with E-state index in [1.165, 1.54) is 16.2 Å². The maximum absolute atomic E-state index is 12.9. The molecule has 180 valence electrons. The third-order valence-electron chi connectivity index (χ3n) is 5.68. The second-order valence-corrected chi connectivity index (χ2v) is 9.35. The second-order valence-electron chi connectivity index (χ2n) is 8.35. The van der Waals surface area contributed by atoms with E-state index in [4.69, 9.17) is 20.6 Å². The monoisotopic (exact) mass is 477 g/mol. The predicted octanol–water partition coefficient (Wildman–Crippen LogP) is 0.712. The molecule has 5 N–H and O–H groups in total. The van der Waals surface area contributed by atoms with Crippen LogP contribution in [0.3, 0.4) is 0 Å². The van der Waals surface area contributed by atoms with Crippen molar-refractivity contribution >= 4 is 34.9 Å². The van der Waals surface area contributed by atoms with Gasteiger partial charge < -0.3 is 30.7 Å². The Bertz CT molecular complexity index is 945. The largest absolute Gasteiger partial charge is 0.384 e. The highest BCUT2D eigenvalue weighted by Crippen LogP contribution is 2.56. The molecule has 0 aromatic carbocycles. The number of nitrogens with two attached hydrogens (primary N) is 1. The summed E-state index contributed by atoms with van der Waals surface area (Å²) in [5, 5.41) is 14.8. The molecule has 0 saturated carbocycles. The summed E-state index contributed by atoms with van der Waals surface area (Å²) in [4.78, 5) is 40.2. The topological polar surface area (TPSA) is 147 Å². The lowest BCUT2D eigenvalue weighted by Gasteiger charge is -2.24. The number of thiophene rings is 1. The van der Waals surface area contributed by atoms with E-state index in [1.807, 2.05) is 13.0 Å². The van der Waals surface area contributed by atoms with E-state index < -0.39 is 6.04 Å². The van der Waals surface area contributed by atoms with E-state index in [1.54, 1.807) is 18.6 Å². The van der Waals surface area contributed by atoms with Gasteiger partial charge in [0.25, 0.3) is 0 Å². The Morgan fingerprint density at radius 1 is 1.30 bits per heavy atom. The Kier molecular flexibility index (Phi) is 8.22. The number of amidine groups is 1. The lowest BCUT2D eigenvalue weighted by Crippen LogP contribution is -2.48. The number of fused-ring (bicyclic) bond motifs is 1. The van der Waals surface area contributed by atoms with Crippen LogP contribution in [0.25, 0.3) is 0 Å². The summed E-state index contributed by atoms with van der Waals surface area (Å²) in [5.41, 5.74) is 6.70. The summed E-state index contributed by atoms with van der Waals surface area (Å²) in [6, 6.07) is 1.16. The number of rotatable bonds is 13. The normalized spacial score (nSPS) is 20.7. The summed E-state index contributed by atoms with van der Waals surface area (Å²) in [6.45, 7) is 3.57. The van der Waals surface area contributed by atoms with Gasteiger partial charge in [-0.1, -0.05) is 13.0 Å². The second kappa shape index (κ2) is 10.9. The molecule has 1 aromatic rings. The SMILES string of the molecule is COCCOCCCC(=O)NCC(=O)N1C2=C[C@@]2(C)C[C@H]1C(=O)NCc1cc(C(=N)N)cs1. The van der Waals surface area contributed by atoms with Gasteiger partial charge in [-0.2, -0.15) is 0 Å². The fourth-order valence-corrected chi connectivity index (χ4v) is 4.61. The predicted molar refractivity (Wildman–Crippen MR) is 124 cm³/mol. The summed E-state index contributed by atoms with van der Waals surface area (Å²) >= 11 is 1.41. The molecule has 11 heteroatoms. The van der Waals surface area contributed by atoms with Crippen molar-refractivity contribution in [3.8, 4) is 0 Å². The van der Waals surface area contributed by atoms with E-state index in [2.05, 4.69) is 10.6 Å². The maximum Gasteiger partial charge on any atom is 0.246 e. The first kappa shape index (κ1) is 24.9. The van der Waals surface area contributed by atoms with Crippen LogP contribution in [0.5, 0.6) is 0 Å². The van der Waals surface area contributed by atoms with E-state index in [0.717, 1.165) is 10.6 Å². The molecule has 2 atom stereocenters. The van der Waals surface area contributed by atoms with Gasteiger partial charge in [0, 0.05) is 47.1 Å². The van der Waals surface area contributed by atoms with Crippen LogP contribution in [0.4, 0.5) is 0 Å². The van der Waals surface area contributed by atoms with Gasteiger partial charge in [-0.25, -0.2) is 0 Å². The van der Waals surface area contributed by atoms with Crippen molar-refractivity contribution < 1.29 is 23.9 Å². The van der Waals surface area contributed by atoms with Gasteiger partial charge in [-0.15, -0.1) is 11.3 Å². The highest BCUT2D eigenvalue weighted by molar-refractivity contribution is 7.10. The molecule has 0 unspecified atom stereocenters. The van der Waals surface area contributed by atoms with E-state index >= 15 is 0 Å². The number of hydrogen-bond acceptors (Lipinski definition) is 7. The van der Waals surface area contributed by atoms with Crippen LogP contribution < -0.4 is 16.4 Å². The molecule has 10 nitrogen and oxygen atoms in total. The number of nitrogens with zero attached hydrogens (tertiary/aromatic N) is 1. The Morgan fingerprint density at radius 3 is 2.79 bits per heavy atom. The van der Waals surface area contributed by atoms with Gasteiger partial charge in [-0.3, -0.25) is 19.8 Å². The van der Waals surface area contributed by atoms with Gasteiger partial charge in [0.15, 0.2) is 0 Å². The molecule has 0 bridgehead atoms. The number of ether oxygens (including phenoxy) is 2. The lowest BCUT2D eigenvalue weighted by molar-refractivity contribution is -0.137. The first-order valence-corrected chi connectivity index (χ1v) is 11.7. The number of methoxy groups -OCH3 is 1. The van der Waals surface area contributed by atoms with Crippen LogP contribution in [0, 0.1) is 10.8 Å². The zero-order valence-corrected chi connectivity index (χ0v) is 19.8. The third kappa shape index (κ3) is 6.40. The fraction of sp³-hybridized carbons (Fsp3) is 0.545. The van der Waals surface area contributed by atoms with Gasteiger partial charge >= 0.3 is 0 Å². The van der Waals surface area contributed by atoms with E-state index in [9.17, 15) is 14.4 Å². The molecular formula is C22H31N5O5S. The molecule has 1 fully saturated rings. The number of carbonyl (C=O) groups excluding carboxylic acids is 3. The van der Waals surface area contributed by atoms with Crippen molar-refractivity contribution in [1.29, 1.82) is 5.41 Å². The number of allylic oxidation sites excluding steroid dienone is 2. The summed E-state index contributed by atoms with van der Waals surface area (Å²) in [6.07, 6.45) is 3.31. The molecule has 1 aliphatic heterocycles. The van der Waals surface area contributed by atoms with Crippen LogP contribution in [0.1, 0.15) is 36.6 Å². The van der Waals surface area contributed by atoms with Crippen LogP contribution >= 0.6 is 11.3 Å². The van der Waals surface area contributed by atoms with Crippen LogP contribution in [-0.2, 0) is 30.4 Å². The zero-order chi connectivity index (χ0) is 24.0. The smallest absolute Gasteiger partial charge is 0.246 e. The molecule has 0 spiro atoms. The standard InChI is InChI=1S/C22H31N5O5S/c1-22-9-16(21(30)26-11-15-8-14(13-33-15)20(23)24)27(17(22)10-22)19(29)12-25-18(28)4-3-5-32-7-6-31-2/h8,10,13,16H,3-7,9,11-12H2,1-2H3,(H3,23,24)(H,25,28)(H,26,30)/t16-,22+/m0/s1. The number of carbonyl (C=O) groups is 3. The summed E-state index contributed by atoms with van der Waals surface area (Å²) < 4.78 is 10.2. The quantitative estimate of drug-likeness (QED) is 0.187. The Morgan fingerprint density at radius 2 is 2.09 bits per heavy atom. The van der Waals surface area contributed by atoms with Crippen molar-refractivity contribution in [3.05, 3.63) is 33.7 Å². The molecule has 33 heavy (non-hydrogen) atoms. The van der Waals surface area contributed by atoms with Crippen LogP contribution in [0.2, 0.25) is 0 Å². The molecule has 1 aliphatic carbocycles. The van der Waals surface area contributed by atoms with Crippen molar-refractivity contribution in [2.75, 3.05) is 33.5 Å². The Hall–Kier alpha value is -2.76. The molecular weight excluding hydrogens is 446 g/mol. The van der Waals surface area contributed by atoms with Gasteiger partial charge in [0.05, 0.1) is 26.3 Å². The average molecular weight is 478 g/mol. The first-order chi connectivity index (χ1) is 15.7. The van der Waals surface area contributed by atoms with Gasteiger partial charge in [0.2, 0.25) is 17.7 Å². The molecule has 2 aliphatic rings. The maximum atomic E-state index is 12.9. The molecule has 2 heterocycles. The van der Waals surface area contributed by atoms with Crippen LogP contribution in [-0.4, -0.2) is 68.0 Å². The highest BCUT2D eigenvalue weighted by Gasteiger charge is 2.56. The molecule has 3 amide bonds. The van der Waals surface area contributed by atoms with Gasteiger partial charge in [0.1, 0.15) is 11.9 Å². The van der Waals surface area contributed by atoms with Crippen LogP contribution in [0.15, 0.2) is 23.2 Å². The minimum atomic E-state index is -0.610. The van der Waals surface area contributed by atoms with Gasteiger partial charge in [-0.05, 0) is 18.9 Å². The Labute approximate surface area is 197 Å². The third-order valence-corrected chi connectivity index (χ3v) is 6.62.